The topological polar surface area (TPSA) is 95.7 Å². The predicted molar refractivity (Wildman–Crippen MR) is 63.5 cm³/mol. The van der Waals surface area contributed by atoms with Crippen molar-refractivity contribution >= 4 is 10.0 Å². The van der Waals surface area contributed by atoms with Crippen molar-refractivity contribution in [1.82, 2.24) is 14.1 Å². The first-order valence-corrected chi connectivity index (χ1v) is 7.05. The average molecular weight is 275 g/mol. The summed E-state index contributed by atoms with van der Waals surface area (Å²) in [6.07, 6.45) is -2.06. The van der Waals surface area contributed by atoms with Crippen LogP contribution >= 0.6 is 0 Å². The number of hydrogen-bond donors (Lipinski definition) is 2. The molecule has 18 heavy (non-hydrogen) atoms. The molecule has 0 saturated carbocycles. The van der Waals surface area contributed by atoms with E-state index in [1.54, 1.807) is 20.9 Å². The first kappa shape index (κ1) is 13.5. The first-order valence-electron chi connectivity index (χ1n) is 5.61. The Morgan fingerprint density at radius 3 is 2.11 bits per heavy atom. The predicted octanol–water partition coefficient (Wildman–Crippen LogP) is -1.24. The van der Waals surface area contributed by atoms with Crippen LogP contribution in [0.25, 0.3) is 0 Å². The summed E-state index contributed by atoms with van der Waals surface area (Å²) in [6.45, 7) is 3.13. The van der Waals surface area contributed by atoms with Gasteiger partial charge >= 0.3 is 0 Å². The highest BCUT2D eigenvalue weighted by Crippen LogP contribution is 2.26. The summed E-state index contributed by atoms with van der Waals surface area (Å²) >= 11 is 0. The molecule has 0 spiro atoms. The minimum absolute atomic E-state index is 0.0860. The molecule has 0 bridgehead atoms. The van der Waals surface area contributed by atoms with E-state index in [-0.39, 0.29) is 18.0 Å². The van der Waals surface area contributed by atoms with Crippen molar-refractivity contribution in [2.75, 3.05) is 13.1 Å². The second kappa shape index (κ2) is 4.30. The molecule has 2 heterocycles. The molecule has 1 aliphatic rings. The van der Waals surface area contributed by atoms with Crippen LogP contribution in [0.15, 0.2) is 4.90 Å². The molecule has 1 aliphatic heterocycles. The quantitative estimate of drug-likeness (QED) is 0.704. The number of rotatable bonds is 2. The van der Waals surface area contributed by atoms with Crippen LogP contribution in [0, 0.1) is 13.8 Å². The van der Waals surface area contributed by atoms with E-state index in [0.717, 1.165) is 4.31 Å². The van der Waals surface area contributed by atoms with Crippen molar-refractivity contribution in [3.63, 3.8) is 0 Å². The fourth-order valence-electron chi connectivity index (χ4n) is 2.19. The molecule has 0 unspecified atom stereocenters. The van der Waals surface area contributed by atoms with Crippen LogP contribution in [0.5, 0.6) is 0 Å². The van der Waals surface area contributed by atoms with Crippen LogP contribution in [0.2, 0.25) is 0 Å². The van der Waals surface area contributed by atoms with E-state index in [1.807, 2.05) is 0 Å². The lowest BCUT2D eigenvalue weighted by Crippen LogP contribution is -2.30. The average Bonchev–Trinajstić information content (AvgIpc) is 2.70. The summed E-state index contributed by atoms with van der Waals surface area (Å²) in [7, 11) is -2.04. The third-order valence-corrected chi connectivity index (χ3v) is 5.35. The van der Waals surface area contributed by atoms with Crippen LogP contribution in [-0.2, 0) is 17.1 Å². The van der Waals surface area contributed by atoms with Gasteiger partial charge in [-0.2, -0.15) is 9.40 Å². The minimum Gasteiger partial charge on any atom is -0.389 e. The van der Waals surface area contributed by atoms with E-state index in [1.165, 1.54) is 4.68 Å². The van der Waals surface area contributed by atoms with Gasteiger partial charge in [0.25, 0.3) is 0 Å². The third kappa shape index (κ3) is 1.95. The molecular formula is C10H17N3O4S. The number of aliphatic hydroxyl groups is 2. The zero-order chi connectivity index (χ0) is 13.7. The van der Waals surface area contributed by atoms with Crippen LogP contribution in [0.4, 0.5) is 0 Å². The molecule has 2 N–H and O–H groups in total. The largest absolute Gasteiger partial charge is 0.389 e. The van der Waals surface area contributed by atoms with Crippen molar-refractivity contribution in [2.24, 2.45) is 7.05 Å². The van der Waals surface area contributed by atoms with Gasteiger partial charge < -0.3 is 10.2 Å². The van der Waals surface area contributed by atoms with Crippen LogP contribution in [-0.4, -0.2) is 58.0 Å². The Balaban J connectivity index is 2.44. The first-order chi connectivity index (χ1) is 8.25. The molecule has 0 radical (unpaired) electrons. The Labute approximate surface area is 106 Å². The Hall–Kier alpha value is -0.960. The van der Waals surface area contributed by atoms with Gasteiger partial charge in [0.1, 0.15) is 4.90 Å². The highest BCUT2D eigenvalue weighted by atomic mass is 32.2. The normalized spacial score (nSPS) is 25.8. The highest BCUT2D eigenvalue weighted by Gasteiger charge is 2.39. The summed E-state index contributed by atoms with van der Waals surface area (Å²) < 4.78 is 27.5. The van der Waals surface area contributed by atoms with Crippen molar-refractivity contribution < 1.29 is 18.6 Å². The Morgan fingerprint density at radius 2 is 1.72 bits per heavy atom. The maximum Gasteiger partial charge on any atom is 0.246 e. The van der Waals surface area contributed by atoms with E-state index >= 15 is 0 Å². The summed E-state index contributed by atoms with van der Waals surface area (Å²) in [5, 5.41) is 23.0. The van der Waals surface area contributed by atoms with Gasteiger partial charge in [0.2, 0.25) is 10.0 Å². The minimum atomic E-state index is -3.72. The molecule has 2 atom stereocenters. The number of nitrogens with zero attached hydrogens (tertiary/aromatic N) is 3. The summed E-state index contributed by atoms with van der Waals surface area (Å²) in [6, 6.07) is 0. The number of hydrogen-bond acceptors (Lipinski definition) is 5. The molecular weight excluding hydrogens is 258 g/mol. The number of aliphatic hydroxyl groups excluding tert-OH is 2. The van der Waals surface area contributed by atoms with Gasteiger partial charge in [-0.25, -0.2) is 8.42 Å². The molecule has 1 fully saturated rings. The second-order valence-corrected chi connectivity index (χ2v) is 6.46. The fraction of sp³-hybridized carbons (Fsp3) is 0.700. The Kier molecular flexibility index (Phi) is 3.22. The number of aromatic nitrogens is 2. The lowest BCUT2D eigenvalue weighted by atomic mass is 10.3. The number of β-amino-alcohol motifs (C(OH)–C–C–N with tert-alkyl or cyclic N) is 2. The van der Waals surface area contributed by atoms with Crippen molar-refractivity contribution in [1.29, 1.82) is 0 Å². The van der Waals surface area contributed by atoms with Crippen LogP contribution < -0.4 is 0 Å². The smallest absolute Gasteiger partial charge is 0.246 e. The second-order valence-electron chi connectivity index (χ2n) is 4.58. The lowest BCUT2D eigenvalue weighted by Gasteiger charge is -2.15. The molecule has 102 valence electrons. The van der Waals surface area contributed by atoms with Crippen LogP contribution in [0.1, 0.15) is 11.4 Å². The van der Waals surface area contributed by atoms with Gasteiger partial charge in [0.05, 0.1) is 23.6 Å². The molecule has 7 nitrogen and oxygen atoms in total. The van der Waals surface area contributed by atoms with E-state index in [4.69, 9.17) is 0 Å². The maximum atomic E-state index is 12.4. The van der Waals surface area contributed by atoms with Crippen molar-refractivity contribution in [3.05, 3.63) is 11.4 Å². The molecule has 1 saturated heterocycles. The van der Waals surface area contributed by atoms with Gasteiger partial charge in [-0.15, -0.1) is 0 Å². The van der Waals surface area contributed by atoms with Crippen molar-refractivity contribution in [3.8, 4) is 0 Å². The molecule has 1 aromatic heterocycles. The van der Waals surface area contributed by atoms with Crippen LogP contribution in [0.3, 0.4) is 0 Å². The van der Waals surface area contributed by atoms with Gasteiger partial charge in [0.15, 0.2) is 0 Å². The number of sulfonamides is 1. The highest BCUT2D eigenvalue weighted by molar-refractivity contribution is 7.89. The van der Waals surface area contributed by atoms with Crippen molar-refractivity contribution in [2.45, 2.75) is 31.0 Å². The van der Waals surface area contributed by atoms with E-state index < -0.39 is 22.2 Å². The zero-order valence-electron chi connectivity index (χ0n) is 10.5. The fourth-order valence-corrected chi connectivity index (χ4v) is 4.06. The van der Waals surface area contributed by atoms with Gasteiger partial charge in [-0.1, -0.05) is 0 Å². The molecule has 8 heteroatoms. The summed E-state index contributed by atoms with van der Waals surface area (Å²) in [4.78, 5) is 0.159. The molecule has 0 aromatic carbocycles. The Bertz CT molecular complexity index is 556. The standard InChI is InChI=1S/C10H17N3O4S/c1-6-10(7(2)12(3)11-6)18(16,17)13-4-8(14)9(15)5-13/h8-9,14-15H,4-5H2,1-3H3/t8-,9+. The van der Waals surface area contributed by atoms with E-state index in [0.29, 0.717) is 11.4 Å². The SMILES string of the molecule is Cc1nn(C)c(C)c1S(=O)(=O)N1C[C@@H](O)[C@@H](O)C1. The van der Waals surface area contributed by atoms with E-state index in [9.17, 15) is 18.6 Å². The monoisotopic (exact) mass is 275 g/mol. The lowest BCUT2D eigenvalue weighted by molar-refractivity contribution is 0.0572. The van der Waals surface area contributed by atoms with Gasteiger partial charge in [0, 0.05) is 20.1 Å². The summed E-state index contributed by atoms with van der Waals surface area (Å²) in [5.74, 6) is 0. The van der Waals surface area contributed by atoms with Gasteiger partial charge in [-0.05, 0) is 13.8 Å². The molecule has 2 rings (SSSR count). The summed E-state index contributed by atoms with van der Waals surface area (Å²) in [5.41, 5.74) is 0.967. The van der Waals surface area contributed by atoms with E-state index in [2.05, 4.69) is 5.10 Å². The third-order valence-electron chi connectivity index (χ3n) is 3.27. The zero-order valence-corrected chi connectivity index (χ0v) is 11.3. The maximum absolute atomic E-state index is 12.4. The molecule has 0 amide bonds. The Morgan fingerprint density at radius 1 is 1.22 bits per heavy atom. The molecule has 0 aliphatic carbocycles. The number of aryl methyl sites for hydroxylation is 2. The van der Waals surface area contributed by atoms with Gasteiger partial charge in [-0.3, -0.25) is 4.68 Å². The molecule has 1 aromatic rings.